The first kappa shape index (κ1) is 16.9. The van der Waals surface area contributed by atoms with Gasteiger partial charge in [-0.1, -0.05) is 40.9 Å². The summed E-state index contributed by atoms with van der Waals surface area (Å²) < 4.78 is 5.42. The number of carbonyl (C=O) groups is 1. The highest BCUT2D eigenvalue weighted by Gasteiger charge is 2.06. The van der Waals surface area contributed by atoms with Crippen molar-refractivity contribution in [1.29, 1.82) is 0 Å². The highest BCUT2D eigenvalue weighted by Crippen LogP contribution is 2.21. The maximum absolute atomic E-state index is 11.8. The second-order valence-electron chi connectivity index (χ2n) is 4.71. The molecule has 0 unspecified atom stereocenters. The van der Waals surface area contributed by atoms with Crippen LogP contribution in [0.2, 0.25) is 15.1 Å². The second-order valence-corrected chi connectivity index (χ2v) is 5.96. The molecule has 6 heteroatoms. The summed E-state index contributed by atoms with van der Waals surface area (Å²) in [6, 6.07) is 10.4. The number of hydrogen-bond acceptors (Lipinski definition) is 2. The summed E-state index contributed by atoms with van der Waals surface area (Å²) in [6.45, 7) is 2.11. The zero-order valence-corrected chi connectivity index (χ0v) is 14.1. The van der Waals surface area contributed by atoms with Gasteiger partial charge in [0.15, 0.2) is 6.61 Å². The predicted molar refractivity (Wildman–Crippen MR) is 90.0 cm³/mol. The number of benzene rings is 2. The zero-order chi connectivity index (χ0) is 16.1. The third-order valence-electron chi connectivity index (χ3n) is 2.99. The van der Waals surface area contributed by atoms with Gasteiger partial charge in [-0.25, -0.2) is 0 Å². The number of amides is 1. The van der Waals surface area contributed by atoms with E-state index in [0.717, 1.165) is 11.1 Å². The minimum absolute atomic E-state index is 0.0771. The predicted octanol–water partition coefficient (Wildman–Crippen LogP) is 4.65. The molecule has 0 aliphatic heterocycles. The first-order chi connectivity index (χ1) is 10.5. The summed E-state index contributed by atoms with van der Waals surface area (Å²) in [5, 5.41) is 4.47. The Hall–Kier alpha value is -1.42. The van der Waals surface area contributed by atoms with Gasteiger partial charge in [-0.2, -0.15) is 0 Å². The van der Waals surface area contributed by atoms with Crippen molar-refractivity contribution < 1.29 is 9.53 Å². The van der Waals surface area contributed by atoms with E-state index in [2.05, 4.69) is 5.32 Å². The molecule has 0 saturated carbocycles. The highest BCUT2D eigenvalue weighted by atomic mass is 35.5. The van der Waals surface area contributed by atoms with Crippen LogP contribution in [0.15, 0.2) is 36.4 Å². The molecule has 2 aromatic carbocycles. The summed E-state index contributed by atoms with van der Waals surface area (Å²) in [4.78, 5) is 11.8. The van der Waals surface area contributed by atoms with Crippen molar-refractivity contribution in [2.24, 2.45) is 0 Å². The zero-order valence-electron chi connectivity index (χ0n) is 11.8. The molecule has 0 spiro atoms. The van der Waals surface area contributed by atoms with Crippen molar-refractivity contribution in [3.8, 4) is 5.75 Å². The van der Waals surface area contributed by atoms with Crippen molar-refractivity contribution in [3.05, 3.63) is 62.6 Å². The van der Waals surface area contributed by atoms with E-state index in [4.69, 9.17) is 39.5 Å². The number of nitrogens with one attached hydrogen (secondary N) is 1. The summed E-state index contributed by atoms with van der Waals surface area (Å²) in [7, 11) is 0. The third kappa shape index (κ3) is 4.80. The van der Waals surface area contributed by atoms with Crippen LogP contribution in [0.1, 0.15) is 11.1 Å². The molecular weight excluding hydrogens is 345 g/mol. The van der Waals surface area contributed by atoms with Gasteiger partial charge < -0.3 is 10.1 Å². The number of halogens is 3. The van der Waals surface area contributed by atoms with Gasteiger partial charge in [0, 0.05) is 21.6 Å². The second kappa shape index (κ2) is 7.73. The van der Waals surface area contributed by atoms with E-state index in [1.165, 1.54) is 0 Å². The van der Waals surface area contributed by atoms with Gasteiger partial charge in [0.05, 0.1) is 0 Å². The molecule has 1 N–H and O–H groups in total. The number of ether oxygens (including phenoxy) is 1. The maximum Gasteiger partial charge on any atom is 0.258 e. The number of carbonyl (C=O) groups excluding carboxylic acids is 1. The summed E-state index contributed by atoms with van der Waals surface area (Å²) >= 11 is 17.8. The molecule has 2 aromatic rings. The van der Waals surface area contributed by atoms with E-state index < -0.39 is 0 Å². The van der Waals surface area contributed by atoms with Crippen LogP contribution in [0, 0.1) is 6.92 Å². The molecular formula is C16H14Cl3NO2. The van der Waals surface area contributed by atoms with Gasteiger partial charge in [0.25, 0.3) is 5.91 Å². The van der Waals surface area contributed by atoms with E-state index in [9.17, 15) is 4.79 Å². The van der Waals surface area contributed by atoms with Gasteiger partial charge in [-0.15, -0.1) is 0 Å². The largest absolute Gasteiger partial charge is 0.484 e. The normalized spacial score (nSPS) is 10.4. The van der Waals surface area contributed by atoms with Crippen molar-refractivity contribution in [1.82, 2.24) is 5.32 Å². The Labute approximate surface area is 144 Å². The Morgan fingerprint density at radius 3 is 2.55 bits per heavy atom. The van der Waals surface area contributed by atoms with E-state index in [1.807, 2.05) is 6.92 Å². The Kier molecular flexibility index (Phi) is 5.95. The molecule has 0 aliphatic carbocycles. The Bertz CT molecular complexity index is 689. The van der Waals surface area contributed by atoms with E-state index >= 15 is 0 Å². The lowest BCUT2D eigenvalue weighted by Crippen LogP contribution is -2.28. The van der Waals surface area contributed by atoms with Gasteiger partial charge in [0.1, 0.15) is 5.75 Å². The lowest BCUT2D eigenvalue weighted by Gasteiger charge is -2.09. The molecule has 116 valence electrons. The van der Waals surface area contributed by atoms with Crippen LogP contribution in [0.25, 0.3) is 0 Å². The van der Waals surface area contributed by atoms with Crippen LogP contribution in [0.5, 0.6) is 5.75 Å². The standard InChI is InChI=1S/C16H14Cl3NO2/c1-10-6-13(4-5-14(10)18)22-9-16(21)20-8-11-2-3-12(17)7-15(11)19/h2-7H,8-9H2,1H3,(H,20,21). The van der Waals surface area contributed by atoms with Gasteiger partial charge in [-0.3, -0.25) is 4.79 Å². The lowest BCUT2D eigenvalue weighted by atomic mass is 10.2. The van der Waals surface area contributed by atoms with Gasteiger partial charge in [-0.05, 0) is 48.4 Å². The third-order valence-corrected chi connectivity index (χ3v) is 4.00. The Morgan fingerprint density at radius 2 is 1.86 bits per heavy atom. The summed E-state index contributed by atoms with van der Waals surface area (Å²) in [5.74, 6) is 0.361. The minimum atomic E-state index is -0.237. The molecule has 0 atom stereocenters. The number of hydrogen-bond donors (Lipinski definition) is 1. The quantitative estimate of drug-likeness (QED) is 0.845. The number of aryl methyl sites for hydroxylation is 1. The monoisotopic (exact) mass is 357 g/mol. The van der Waals surface area contributed by atoms with Crippen molar-refractivity contribution in [2.75, 3.05) is 6.61 Å². The fraction of sp³-hybridized carbons (Fsp3) is 0.188. The van der Waals surface area contributed by atoms with Gasteiger partial charge >= 0.3 is 0 Å². The SMILES string of the molecule is Cc1cc(OCC(=O)NCc2ccc(Cl)cc2Cl)ccc1Cl. The van der Waals surface area contributed by atoms with Crippen LogP contribution >= 0.6 is 34.8 Å². The molecule has 0 radical (unpaired) electrons. The smallest absolute Gasteiger partial charge is 0.258 e. The van der Waals surface area contributed by atoms with Crippen LogP contribution in [0.3, 0.4) is 0 Å². The van der Waals surface area contributed by atoms with Gasteiger partial charge in [0.2, 0.25) is 0 Å². The first-order valence-electron chi connectivity index (χ1n) is 6.55. The number of rotatable bonds is 5. The molecule has 22 heavy (non-hydrogen) atoms. The summed E-state index contributed by atoms with van der Waals surface area (Å²) in [5.41, 5.74) is 1.69. The van der Waals surface area contributed by atoms with Crippen LogP contribution in [-0.4, -0.2) is 12.5 Å². The van der Waals surface area contributed by atoms with Crippen LogP contribution < -0.4 is 10.1 Å². The Balaban J connectivity index is 1.84. The van der Waals surface area contributed by atoms with Crippen LogP contribution in [-0.2, 0) is 11.3 Å². The fourth-order valence-electron chi connectivity index (χ4n) is 1.77. The first-order valence-corrected chi connectivity index (χ1v) is 7.68. The van der Waals surface area contributed by atoms with Crippen molar-refractivity contribution in [3.63, 3.8) is 0 Å². The molecule has 1 amide bonds. The molecule has 0 saturated heterocycles. The molecule has 0 bridgehead atoms. The molecule has 3 nitrogen and oxygen atoms in total. The molecule has 2 rings (SSSR count). The van der Waals surface area contributed by atoms with E-state index in [0.29, 0.717) is 27.4 Å². The topological polar surface area (TPSA) is 38.3 Å². The maximum atomic E-state index is 11.8. The fourth-order valence-corrected chi connectivity index (χ4v) is 2.36. The highest BCUT2D eigenvalue weighted by molar-refractivity contribution is 6.35. The summed E-state index contributed by atoms with van der Waals surface area (Å²) in [6.07, 6.45) is 0. The minimum Gasteiger partial charge on any atom is -0.484 e. The van der Waals surface area contributed by atoms with E-state index in [1.54, 1.807) is 36.4 Å². The van der Waals surface area contributed by atoms with E-state index in [-0.39, 0.29) is 12.5 Å². The van der Waals surface area contributed by atoms with Crippen LogP contribution in [0.4, 0.5) is 0 Å². The van der Waals surface area contributed by atoms with Crippen molar-refractivity contribution >= 4 is 40.7 Å². The molecule has 0 aromatic heterocycles. The lowest BCUT2D eigenvalue weighted by molar-refractivity contribution is -0.123. The average molecular weight is 359 g/mol. The average Bonchev–Trinajstić information content (AvgIpc) is 2.47. The molecule has 0 aliphatic rings. The Morgan fingerprint density at radius 1 is 1.09 bits per heavy atom. The van der Waals surface area contributed by atoms with Crippen molar-refractivity contribution in [2.45, 2.75) is 13.5 Å². The molecule has 0 fully saturated rings. The molecule has 0 heterocycles.